The van der Waals surface area contributed by atoms with Crippen molar-refractivity contribution in [2.24, 2.45) is 0 Å². The topological polar surface area (TPSA) is 62.2 Å². The molecule has 5 heteroatoms. The van der Waals surface area contributed by atoms with E-state index < -0.39 is 11.8 Å². The van der Waals surface area contributed by atoms with E-state index in [1.165, 1.54) is 0 Å². The van der Waals surface area contributed by atoms with Crippen LogP contribution in [0.25, 0.3) is 5.70 Å². The van der Waals surface area contributed by atoms with Gasteiger partial charge in [-0.05, 0) is 24.1 Å². The Morgan fingerprint density at radius 3 is 2.34 bits per heavy atom. The fourth-order valence-corrected chi connectivity index (χ4v) is 4.37. The lowest BCUT2D eigenvalue weighted by atomic mass is 9.93. The normalized spacial score (nSPS) is 18.5. The molecule has 2 N–H and O–H groups in total. The molecule has 4 rings (SSSR count). The average Bonchev–Trinajstić information content (AvgIpc) is 3.10. The Balaban J connectivity index is 1.74. The first-order valence-corrected chi connectivity index (χ1v) is 10.8. The van der Waals surface area contributed by atoms with Crippen molar-refractivity contribution < 1.29 is 19.7 Å². The molecule has 0 aromatic heterocycles. The highest BCUT2D eigenvalue weighted by Crippen LogP contribution is 2.50. The van der Waals surface area contributed by atoms with E-state index in [0.29, 0.717) is 13.0 Å². The van der Waals surface area contributed by atoms with Gasteiger partial charge in [-0.3, -0.25) is 0 Å². The first-order valence-electron chi connectivity index (χ1n) is 10.8. The van der Waals surface area contributed by atoms with Gasteiger partial charge < -0.3 is 24.6 Å². The summed E-state index contributed by atoms with van der Waals surface area (Å²) < 4.78 is 11.9. The molecule has 166 valence electrons. The first-order chi connectivity index (χ1) is 15.6. The number of fused-ring (bicyclic) bond motifs is 1. The summed E-state index contributed by atoms with van der Waals surface area (Å²) in [5.74, 6) is 0.735. The highest BCUT2D eigenvalue weighted by molar-refractivity contribution is 5.73. The van der Waals surface area contributed by atoms with Crippen LogP contribution in [0.4, 0.5) is 0 Å². The number of hydrogen-bond donors (Lipinski definition) is 2. The molecule has 0 radical (unpaired) electrons. The third kappa shape index (κ3) is 3.91. The van der Waals surface area contributed by atoms with Crippen LogP contribution >= 0.6 is 0 Å². The van der Waals surface area contributed by atoms with Crippen molar-refractivity contribution in [2.75, 3.05) is 26.9 Å². The van der Waals surface area contributed by atoms with Crippen molar-refractivity contribution in [3.05, 3.63) is 108 Å². The summed E-state index contributed by atoms with van der Waals surface area (Å²) in [5.41, 5.74) is 3.59. The minimum absolute atomic E-state index is 0.0689. The molecule has 1 heterocycles. The number of nitrogens with zero attached hydrogens (tertiary/aromatic N) is 1. The Morgan fingerprint density at radius 2 is 1.66 bits per heavy atom. The zero-order chi connectivity index (χ0) is 22.6. The Bertz CT molecular complexity index is 1050. The predicted molar refractivity (Wildman–Crippen MR) is 125 cm³/mol. The Kier molecular flexibility index (Phi) is 6.61. The molecule has 0 bridgehead atoms. The molecule has 0 spiro atoms. The maximum Gasteiger partial charge on any atom is 0.194 e. The predicted octanol–water partition coefficient (Wildman–Crippen LogP) is 4.32. The largest absolute Gasteiger partial charge is 0.497 e. The second kappa shape index (κ2) is 9.57. The van der Waals surface area contributed by atoms with Crippen LogP contribution in [0.5, 0.6) is 5.75 Å². The van der Waals surface area contributed by atoms with Crippen LogP contribution in [0, 0.1) is 0 Å². The van der Waals surface area contributed by atoms with Gasteiger partial charge in [0.15, 0.2) is 5.72 Å². The van der Waals surface area contributed by atoms with Gasteiger partial charge >= 0.3 is 0 Å². The van der Waals surface area contributed by atoms with E-state index in [9.17, 15) is 10.2 Å². The van der Waals surface area contributed by atoms with Crippen LogP contribution < -0.4 is 4.74 Å². The highest BCUT2D eigenvalue weighted by atomic mass is 16.5. The number of aliphatic hydroxyl groups is 2. The molecule has 0 saturated heterocycles. The van der Waals surface area contributed by atoms with Gasteiger partial charge in [0.05, 0.1) is 13.7 Å². The summed E-state index contributed by atoms with van der Waals surface area (Å²) in [4.78, 5) is 2.10. The lowest BCUT2D eigenvalue weighted by molar-refractivity contribution is -0.127. The van der Waals surface area contributed by atoms with Gasteiger partial charge in [0.1, 0.15) is 11.9 Å². The number of hydrogen-bond acceptors (Lipinski definition) is 5. The minimum Gasteiger partial charge on any atom is -0.497 e. The molecule has 3 aromatic rings. The second-order valence-corrected chi connectivity index (χ2v) is 7.83. The molecular weight excluding hydrogens is 402 g/mol. The van der Waals surface area contributed by atoms with Crippen LogP contribution in [-0.4, -0.2) is 42.0 Å². The third-order valence-electron chi connectivity index (χ3n) is 5.96. The summed E-state index contributed by atoms with van der Waals surface area (Å²) in [6, 6.07) is 25.4. The van der Waals surface area contributed by atoms with Gasteiger partial charge in [-0.25, -0.2) is 0 Å². The van der Waals surface area contributed by atoms with Crippen LogP contribution in [0.3, 0.4) is 0 Å². The van der Waals surface area contributed by atoms with Crippen molar-refractivity contribution in [3.63, 3.8) is 0 Å². The lowest BCUT2D eigenvalue weighted by Crippen LogP contribution is -2.45. The molecule has 32 heavy (non-hydrogen) atoms. The standard InChI is InChI=1S/C27H29NO4/c1-20-24-11-6-7-12-25(24)27(28(20)17-8-18-29,22-9-4-3-5-10-22)32-19-26(30)21-13-15-23(31-2)16-14-21/h3-7,9-16,26,29-30H,1,8,17-19H2,2H3/t26-,27?/m0/s1. The van der Waals surface area contributed by atoms with Gasteiger partial charge in [0.25, 0.3) is 0 Å². The monoisotopic (exact) mass is 431 g/mol. The van der Waals surface area contributed by atoms with E-state index >= 15 is 0 Å². The van der Waals surface area contributed by atoms with Gasteiger partial charge in [-0.15, -0.1) is 0 Å². The fraction of sp³-hybridized carbons (Fsp3) is 0.259. The maximum absolute atomic E-state index is 10.9. The molecule has 0 fully saturated rings. The zero-order valence-corrected chi connectivity index (χ0v) is 18.3. The molecule has 0 saturated carbocycles. The number of methoxy groups -OCH3 is 1. The lowest BCUT2D eigenvalue weighted by Gasteiger charge is -2.41. The number of rotatable bonds is 9. The maximum atomic E-state index is 10.9. The van der Waals surface area contributed by atoms with E-state index in [1.807, 2.05) is 78.9 Å². The molecular formula is C27H29NO4. The summed E-state index contributed by atoms with van der Waals surface area (Å²) in [7, 11) is 1.61. The van der Waals surface area contributed by atoms with Gasteiger partial charge in [0.2, 0.25) is 0 Å². The molecule has 1 aliphatic heterocycles. The average molecular weight is 432 g/mol. The number of ether oxygens (including phenoxy) is 2. The van der Waals surface area contributed by atoms with Crippen molar-refractivity contribution in [1.82, 2.24) is 4.90 Å². The first kappa shape index (κ1) is 22.1. The molecule has 1 aliphatic rings. The third-order valence-corrected chi connectivity index (χ3v) is 5.96. The van der Waals surface area contributed by atoms with Crippen LogP contribution in [0.2, 0.25) is 0 Å². The van der Waals surface area contributed by atoms with E-state index in [4.69, 9.17) is 9.47 Å². The van der Waals surface area contributed by atoms with E-state index in [1.54, 1.807) is 7.11 Å². The molecule has 0 aliphatic carbocycles. The molecule has 5 nitrogen and oxygen atoms in total. The number of benzene rings is 3. The number of aliphatic hydroxyl groups excluding tert-OH is 2. The van der Waals surface area contributed by atoms with Crippen LogP contribution in [-0.2, 0) is 10.5 Å². The van der Waals surface area contributed by atoms with E-state index in [0.717, 1.165) is 33.7 Å². The molecule has 2 atom stereocenters. The van der Waals surface area contributed by atoms with Crippen LogP contribution in [0.1, 0.15) is 34.8 Å². The van der Waals surface area contributed by atoms with Crippen LogP contribution in [0.15, 0.2) is 85.4 Å². The Hall–Kier alpha value is -3.12. The summed E-state index contributed by atoms with van der Waals surface area (Å²) in [5, 5.41) is 20.5. The highest BCUT2D eigenvalue weighted by Gasteiger charge is 2.49. The van der Waals surface area contributed by atoms with Crippen molar-refractivity contribution >= 4 is 5.70 Å². The fourth-order valence-electron chi connectivity index (χ4n) is 4.37. The van der Waals surface area contributed by atoms with Gasteiger partial charge in [-0.2, -0.15) is 0 Å². The zero-order valence-electron chi connectivity index (χ0n) is 18.3. The van der Waals surface area contributed by atoms with E-state index in [-0.39, 0.29) is 13.2 Å². The minimum atomic E-state index is -0.947. The summed E-state index contributed by atoms with van der Waals surface area (Å²) in [6.45, 7) is 5.06. The molecule has 0 amide bonds. The Morgan fingerprint density at radius 1 is 0.969 bits per heavy atom. The van der Waals surface area contributed by atoms with Gasteiger partial charge in [0, 0.05) is 35.5 Å². The Labute approximate surface area is 189 Å². The quantitative estimate of drug-likeness (QED) is 0.529. The second-order valence-electron chi connectivity index (χ2n) is 7.83. The molecule has 1 unspecified atom stereocenters. The summed E-state index contributed by atoms with van der Waals surface area (Å²) in [6.07, 6.45) is -0.242. The SMILES string of the molecule is C=C1c2ccccc2C(OC[C@H](O)c2ccc(OC)cc2)(c2ccccc2)N1CCCO. The van der Waals surface area contributed by atoms with E-state index in [2.05, 4.69) is 11.5 Å². The van der Waals surface area contributed by atoms with Crippen molar-refractivity contribution in [3.8, 4) is 5.75 Å². The van der Waals surface area contributed by atoms with Crippen molar-refractivity contribution in [2.45, 2.75) is 18.2 Å². The van der Waals surface area contributed by atoms with Gasteiger partial charge in [-0.1, -0.05) is 73.3 Å². The smallest absolute Gasteiger partial charge is 0.194 e. The van der Waals surface area contributed by atoms with Crippen molar-refractivity contribution in [1.29, 1.82) is 0 Å². The molecule has 3 aromatic carbocycles. The summed E-state index contributed by atoms with van der Waals surface area (Å²) >= 11 is 0.